The maximum atomic E-state index is 13.8. The van der Waals surface area contributed by atoms with Crippen LogP contribution in [0, 0.1) is 12.7 Å². The number of rotatable bonds is 5. The second-order valence-electron chi connectivity index (χ2n) is 6.78. The Morgan fingerprint density at radius 1 is 0.966 bits per heavy atom. The monoisotopic (exact) mass is 386 g/mol. The van der Waals surface area contributed by atoms with Crippen molar-refractivity contribution in [2.45, 2.75) is 13.3 Å². The van der Waals surface area contributed by atoms with Crippen LogP contribution in [-0.2, 0) is 11.2 Å². The van der Waals surface area contributed by atoms with Gasteiger partial charge in [-0.05, 0) is 47.4 Å². The van der Waals surface area contributed by atoms with Gasteiger partial charge < -0.3 is 9.84 Å². The molecule has 0 unspecified atom stereocenters. The van der Waals surface area contributed by atoms with Gasteiger partial charge in [-0.3, -0.25) is 4.79 Å². The van der Waals surface area contributed by atoms with Crippen molar-refractivity contribution in [1.82, 2.24) is 5.16 Å². The molecule has 0 radical (unpaired) electrons. The van der Waals surface area contributed by atoms with Crippen molar-refractivity contribution in [2.75, 3.05) is 5.32 Å². The number of hydrogen-bond donors (Lipinski definition) is 1. The molecule has 5 heteroatoms. The fraction of sp³-hybridized carbons (Fsp3) is 0.0833. The first-order valence-electron chi connectivity index (χ1n) is 9.26. The van der Waals surface area contributed by atoms with E-state index in [0.717, 1.165) is 22.3 Å². The molecule has 0 aliphatic heterocycles. The van der Waals surface area contributed by atoms with Gasteiger partial charge in [-0.2, -0.15) is 0 Å². The molecule has 4 rings (SSSR count). The van der Waals surface area contributed by atoms with Crippen molar-refractivity contribution in [3.05, 3.63) is 96.0 Å². The van der Waals surface area contributed by atoms with Gasteiger partial charge in [0.15, 0.2) is 0 Å². The van der Waals surface area contributed by atoms with Crippen molar-refractivity contribution in [3.8, 4) is 22.4 Å². The van der Waals surface area contributed by atoms with E-state index in [1.54, 1.807) is 24.3 Å². The summed E-state index contributed by atoms with van der Waals surface area (Å²) >= 11 is 0. The van der Waals surface area contributed by atoms with E-state index in [4.69, 9.17) is 4.52 Å². The molecule has 0 fully saturated rings. The van der Waals surface area contributed by atoms with Gasteiger partial charge in [0, 0.05) is 17.3 Å². The molecule has 29 heavy (non-hydrogen) atoms. The molecule has 0 atom stereocenters. The molecule has 144 valence electrons. The number of benzene rings is 3. The molecule has 1 heterocycles. The molecule has 0 saturated heterocycles. The maximum absolute atomic E-state index is 13.8. The summed E-state index contributed by atoms with van der Waals surface area (Å²) in [5.74, 6) is -0.675. The normalized spacial score (nSPS) is 10.7. The number of aromatic nitrogens is 1. The summed E-state index contributed by atoms with van der Waals surface area (Å²) in [6.45, 7) is 2.05. The van der Waals surface area contributed by atoms with Crippen LogP contribution in [0.3, 0.4) is 0 Å². The van der Waals surface area contributed by atoms with E-state index in [9.17, 15) is 9.18 Å². The van der Waals surface area contributed by atoms with E-state index in [0.29, 0.717) is 16.9 Å². The number of halogens is 1. The zero-order valence-electron chi connectivity index (χ0n) is 15.9. The summed E-state index contributed by atoms with van der Waals surface area (Å²) in [7, 11) is 0. The second kappa shape index (κ2) is 8.10. The minimum absolute atomic E-state index is 0.0362. The van der Waals surface area contributed by atoms with Crippen LogP contribution in [-0.4, -0.2) is 11.1 Å². The predicted octanol–water partition coefficient (Wildman–Crippen LogP) is 5.64. The summed E-state index contributed by atoms with van der Waals surface area (Å²) in [5.41, 5.74) is 5.69. The first-order valence-corrected chi connectivity index (χ1v) is 9.26. The predicted molar refractivity (Wildman–Crippen MR) is 111 cm³/mol. The van der Waals surface area contributed by atoms with Gasteiger partial charge in [0.25, 0.3) is 0 Å². The lowest BCUT2D eigenvalue weighted by atomic mass is 9.94. The highest BCUT2D eigenvalue weighted by atomic mass is 19.1. The number of amides is 1. The molecule has 0 aliphatic rings. The lowest BCUT2D eigenvalue weighted by Gasteiger charge is -2.13. The average Bonchev–Trinajstić information content (AvgIpc) is 3.25. The number of carbonyl (C=O) groups is 1. The van der Waals surface area contributed by atoms with E-state index in [2.05, 4.69) is 10.5 Å². The van der Waals surface area contributed by atoms with E-state index >= 15 is 0 Å². The summed E-state index contributed by atoms with van der Waals surface area (Å²) in [6.07, 6.45) is 1.48. The quantitative estimate of drug-likeness (QED) is 0.483. The van der Waals surface area contributed by atoms with Crippen molar-refractivity contribution < 1.29 is 13.7 Å². The summed E-state index contributed by atoms with van der Waals surface area (Å²) in [4.78, 5) is 12.4. The minimum atomic E-state index is -0.388. The van der Waals surface area contributed by atoms with Crippen LogP contribution in [0.2, 0.25) is 0 Å². The third-order valence-corrected chi connectivity index (χ3v) is 4.76. The van der Waals surface area contributed by atoms with Gasteiger partial charge in [-0.25, -0.2) is 4.39 Å². The van der Waals surface area contributed by atoms with Crippen LogP contribution in [0.4, 0.5) is 10.1 Å². The van der Waals surface area contributed by atoms with Gasteiger partial charge in [0.1, 0.15) is 17.8 Å². The van der Waals surface area contributed by atoms with Crippen molar-refractivity contribution in [3.63, 3.8) is 0 Å². The topological polar surface area (TPSA) is 55.1 Å². The Kier molecular flexibility index (Phi) is 5.20. The van der Waals surface area contributed by atoms with Gasteiger partial charge in [-0.1, -0.05) is 53.7 Å². The molecule has 1 N–H and O–H groups in total. The Balaban J connectivity index is 1.66. The molecule has 0 bridgehead atoms. The summed E-state index contributed by atoms with van der Waals surface area (Å²) < 4.78 is 18.8. The largest absolute Gasteiger partial charge is 0.364 e. The Morgan fingerprint density at radius 3 is 2.52 bits per heavy atom. The third-order valence-electron chi connectivity index (χ3n) is 4.76. The highest BCUT2D eigenvalue weighted by Gasteiger charge is 2.14. The molecular formula is C24H19FN2O2. The number of nitrogens with one attached hydrogen (secondary N) is 1. The Hall–Kier alpha value is -3.73. The van der Waals surface area contributed by atoms with E-state index in [1.807, 2.05) is 49.4 Å². The standard InChI is InChI=1S/C24H19FN2O2/c1-16-6-2-4-8-19(16)20-11-10-18(15-21(20)23-12-13-29-27-23)26-24(28)14-17-7-3-5-9-22(17)25/h2-13,15H,14H2,1H3,(H,26,28). The van der Waals surface area contributed by atoms with Crippen LogP contribution in [0.25, 0.3) is 22.4 Å². The summed E-state index contributed by atoms with van der Waals surface area (Å²) in [6, 6.07) is 21.8. The van der Waals surface area contributed by atoms with Gasteiger partial charge in [-0.15, -0.1) is 0 Å². The van der Waals surface area contributed by atoms with Gasteiger partial charge in [0.05, 0.1) is 6.42 Å². The minimum Gasteiger partial charge on any atom is -0.364 e. The molecule has 0 saturated carbocycles. The lowest BCUT2D eigenvalue weighted by Crippen LogP contribution is -2.15. The second-order valence-corrected chi connectivity index (χ2v) is 6.78. The van der Waals surface area contributed by atoms with Crippen LogP contribution in [0.5, 0.6) is 0 Å². The van der Waals surface area contributed by atoms with Crippen LogP contribution < -0.4 is 5.32 Å². The first-order chi connectivity index (χ1) is 14.1. The molecule has 1 amide bonds. The number of nitrogens with zero attached hydrogens (tertiary/aromatic N) is 1. The maximum Gasteiger partial charge on any atom is 0.228 e. The third kappa shape index (κ3) is 4.09. The van der Waals surface area contributed by atoms with Crippen molar-refractivity contribution in [2.24, 2.45) is 0 Å². The fourth-order valence-corrected chi connectivity index (χ4v) is 3.32. The van der Waals surface area contributed by atoms with Crippen LogP contribution >= 0.6 is 0 Å². The molecule has 0 spiro atoms. The van der Waals surface area contributed by atoms with Gasteiger partial charge in [0.2, 0.25) is 5.91 Å². The Morgan fingerprint density at radius 2 is 1.76 bits per heavy atom. The highest BCUT2D eigenvalue weighted by molar-refractivity contribution is 5.94. The van der Waals surface area contributed by atoms with E-state index in [1.165, 1.54) is 12.3 Å². The molecule has 0 aliphatic carbocycles. The number of carbonyl (C=O) groups excluding carboxylic acids is 1. The van der Waals surface area contributed by atoms with Crippen molar-refractivity contribution >= 4 is 11.6 Å². The number of anilines is 1. The molecule has 3 aromatic carbocycles. The zero-order chi connectivity index (χ0) is 20.2. The van der Waals surface area contributed by atoms with E-state index in [-0.39, 0.29) is 18.1 Å². The highest BCUT2D eigenvalue weighted by Crippen LogP contribution is 2.35. The Bertz CT molecular complexity index is 1150. The van der Waals surface area contributed by atoms with E-state index < -0.39 is 0 Å². The summed E-state index contributed by atoms with van der Waals surface area (Å²) in [5, 5.41) is 6.91. The van der Waals surface area contributed by atoms with Crippen LogP contribution in [0.15, 0.2) is 83.6 Å². The lowest BCUT2D eigenvalue weighted by molar-refractivity contribution is -0.115. The van der Waals surface area contributed by atoms with Crippen molar-refractivity contribution in [1.29, 1.82) is 0 Å². The molecule has 4 aromatic rings. The fourth-order valence-electron chi connectivity index (χ4n) is 3.32. The smallest absolute Gasteiger partial charge is 0.228 e. The molecule has 1 aromatic heterocycles. The molecule has 4 nitrogen and oxygen atoms in total. The van der Waals surface area contributed by atoms with Crippen LogP contribution in [0.1, 0.15) is 11.1 Å². The van der Waals surface area contributed by atoms with Gasteiger partial charge >= 0.3 is 0 Å². The average molecular weight is 386 g/mol. The number of hydrogen-bond acceptors (Lipinski definition) is 3. The molecular weight excluding hydrogens is 367 g/mol. The Labute approximate surface area is 168 Å². The zero-order valence-corrected chi connectivity index (χ0v) is 15.9. The first kappa shape index (κ1) is 18.6. The number of aryl methyl sites for hydroxylation is 1. The SMILES string of the molecule is Cc1ccccc1-c1ccc(NC(=O)Cc2ccccc2F)cc1-c1ccon1.